The minimum Gasteiger partial charge on any atom is -0.380 e. The number of nitrogens with zero attached hydrogens (tertiary/aromatic N) is 2. The Bertz CT molecular complexity index is 421. The largest absolute Gasteiger partial charge is 0.380 e. The number of halogens is 1. The summed E-state index contributed by atoms with van der Waals surface area (Å²) in [4.78, 5) is 17.3. The first kappa shape index (κ1) is 14.9. The van der Waals surface area contributed by atoms with Crippen LogP contribution in [0.15, 0.2) is 0 Å². The average molecular weight is 310 g/mol. The van der Waals surface area contributed by atoms with E-state index in [0.29, 0.717) is 44.4 Å². The van der Waals surface area contributed by atoms with Crippen LogP contribution in [0.1, 0.15) is 25.7 Å². The summed E-state index contributed by atoms with van der Waals surface area (Å²) in [6.07, 6.45) is 3.04. The van der Waals surface area contributed by atoms with Crippen molar-refractivity contribution in [1.82, 2.24) is 9.80 Å². The van der Waals surface area contributed by atoms with Crippen LogP contribution in [0.4, 0.5) is 4.39 Å². The lowest BCUT2D eigenvalue weighted by Gasteiger charge is -2.37. The van der Waals surface area contributed by atoms with Gasteiger partial charge in [0, 0.05) is 32.7 Å². The lowest BCUT2D eigenvalue weighted by atomic mass is 9.81. The van der Waals surface area contributed by atoms with Gasteiger partial charge in [-0.25, -0.2) is 4.39 Å². The second kappa shape index (κ2) is 6.08. The van der Waals surface area contributed by atoms with Crippen molar-refractivity contribution in [3.63, 3.8) is 0 Å². The number of alkyl halides is 1. The predicted molar refractivity (Wildman–Crippen MR) is 81.2 cm³/mol. The number of hydrogen-bond donors (Lipinski definition) is 0. The Balaban J connectivity index is 1.39. The van der Waals surface area contributed by atoms with Gasteiger partial charge in [-0.05, 0) is 43.4 Å². The first-order valence-electron chi connectivity index (χ1n) is 8.93. The maximum atomic E-state index is 13.3. The molecule has 4 rings (SSSR count). The van der Waals surface area contributed by atoms with Crippen LogP contribution >= 0.6 is 0 Å². The van der Waals surface area contributed by atoms with E-state index in [1.54, 1.807) is 0 Å². The fourth-order valence-electron chi connectivity index (χ4n) is 4.46. The molecule has 3 heterocycles. The number of ether oxygens (including phenoxy) is 1. The number of carbonyl (C=O) groups is 1. The fraction of sp³-hybridized carbons (Fsp3) is 0.941. The van der Waals surface area contributed by atoms with Crippen molar-refractivity contribution in [2.45, 2.75) is 31.9 Å². The molecule has 0 aromatic rings. The van der Waals surface area contributed by atoms with Gasteiger partial charge in [0.2, 0.25) is 5.91 Å². The smallest absolute Gasteiger partial charge is 0.228 e. The molecule has 3 atom stereocenters. The zero-order valence-electron chi connectivity index (χ0n) is 13.3. The van der Waals surface area contributed by atoms with Gasteiger partial charge < -0.3 is 14.5 Å². The highest BCUT2D eigenvalue weighted by atomic mass is 19.1. The standard InChI is InChI=1S/C17H27FN2O2/c18-14-3-5-20(6-4-14)17(21)16-11-22-10-13-8-19(9-15(13)16)7-12-1-2-12/h12-16H,1-11H2/t13-,15-,16+/m1/s1. The van der Waals surface area contributed by atoms with E-state index < -0.39 is 6.17 Å². The highest BCUT2D eigenvalue weighted by Gasteiger charge is 2.46. The molecule has 4 aliphatic rings. The lowest BCUT2D eigenvalue weighted by Crippen LogP contribution is -2.48. The van der Waals surface area contributed by atoms with Gasteiger partial charge in [0.1, 0.15) is 6.17 Å². The zero-order chi connectivity index (χ0) is 15.1. The summed E-state index contributed by atoms with van der Waals surface area (Å²) in [5.41, 5.74) is 0. The van der Waals surface area contributed by atoms with E-state index in [4.69, 9.17) is 4.74 Å². The van der Waals surface area contributed by atoms with E-state index in [1.807, 2.05) is 4.90 Å². The second-order valence-electron chi connectivity index (χ2n) is 7.73. The fourth-order valence-corrected chi connectivity index (χ4v) is 4.46. The molecule has 1 aliphatic carbocycles. The number of rotatable bonds is 3. The summed E-state index contributed by atoms with van der Waals surface area (Å²) in [7, 11) is 0. The number of amides is 1. The van der Waals surface area contributed by atoms with Gasteiger partial charge in [-0.3, -0.25) is 4.79 Å². The van der Waals surface area contributed by atoms with Crippen LogP contribution in [-0.4, -0.2) is 67.8 Å². The molecule has 0 radical (unpaired) electrons. The molecule has 0 spiro atoms. The molecule has 3 saturated heterocycles. The maximum absolute atomic E-state index is 13.3. The molecule has 0 bridgehead atoms. The van der Waals surface area contributed by atoms with Gasteiger partial charge in [0.25, 0.3) is 0 Å². The average Bonchev–Trinajstić information content (AvgIpc) is 3.23. The molecule has 0 unspecified atom stereocenters. The minimum absolute atomic E-state index is 0.000820. The van der Waals surface area contributed by atoms with Crippen LogP contribution in [-0.2, 0) is 9.53 Å². The third-order valence-electron chi connectivity index (χ3n) is 5.98. The Morgan fingerprint density at radius 2 is 1.86 bits per heavy atom. The zero-order valence-corrected chi connectivity index (χ0v) is 13.3. The number of carbonyl (C=O) groups excluding carboxylic acids is 1. The van der Waals surface area contributed by atoms with Gasteiger partial charge in [0.05, 0.1) is 19.1 Å². The first-order valence-corrected chi connectivity index (χ1v) is 8.93. The third-order valence-corrected chi connectivity index (χ3v) is 5.98. The normalized spacial score (nSPS) is 37.3. The van der Waals surface area contributed by atoms with E-state index in [1.165, 1.54) is 19.4 Å². The van der Waals surface area contributed by atoms with Crippen molar-refractivity contribution in [1.29, 1.82) is 0 Å². The van der Waals surface area contributed by atoms with Crippen molar-refractivity contribution in [3.05, 3.63) is 0 Å². The molecule has 1 amide bonds. The van der Waals surface area contributed by atoms with Gasteiger partial charge in [-0.1, -0.05) is 0 Å². The van der Waals surface area contributed by atoms with Gasteiger partial charge in [0.15, 0.2) is 0 Å². The SMILES string of the molecule is O=C([C@H]1COC[C@H]2CN(CC3CC3)C[C@H]21)N1CCC(F)CC1. The van der Waals surface area contributed by atoms with Crippen molar-refractivity contribution in [2.24, 2.45) is 23.7 Å². The Kier molecular flexibility index (Phi) is 4.11. The van der Waals surface area contributed by atoms with Gasteiger partial charge in [-0.2, -0.15) is 0 Å². The molecule has 0 aromatic carbocycles. The Labute approximate surface area is 132 Å². The number of fused-ring (bicyclic) bond motifs is 1. The third kappa shape index (κ3) is 3.02. The molecule has 22 heavy (non-hydrogen) atoms. The van der Waals surface area contributed by atoms with Crippen molar-refractivity contribution in [3.8, 4) is 0 Å². The van der Waals surface area contributed by atoms with Crippen LogP contribution in [0, 0.1) is 23.7 Å². The highest BCUT2D eigenvalue weighted by Crippen LogP contribution is 2.38. The summed E-state index contributed by atoms with van der Waals surface area (Å²) in [6.45, 7) is 5.90. The Hall–Kier alpha value is -0.680. The minimum atomic E-state index is -0.722. The Morgan fingerprint density at radius 1 is 1.09 bits per heavy atom. The van der Waals surface area contributed by atoms with Gasteiger partial charge in [-0.15, -0.1) is 0 Å². The molecular formula is C17H27FN2O2. The van der Waals surface area contributed by atoms with E-state index in [9.17, 15) is 9.18 Å². The molecule has 4 nitrogen and oxygen atoms in total. The molecule has 3 aliphatic heterocycles. The summed E-state index contributed by atoms with van der Waals surface area (Å²) in [5.74, 6) is 2.08. The Morgan fingerprint density at radius 3 is 2.59 bits per heavy atom. The maximum Gasteiger partial charge on any atom is 0.228 e. The number of piperidine rings is 1. The van der Waals surface area contributed by atoms with E-state index in [-0.39, 0.29) is 11.8 Å². The number of hydrogen-bond acceptors (Lipinski definition) is 3. The van der Waals surface area contributed by atoms with Crippen LogP contribution < -0.4 is 0 Å². The molecule has 1 saturated carbocycles. The second-order valence-corrected chi connectivity index (χ2v) is 7.73. The van der Waals surface area contributed by atoms with Crippen LogP contribution in [0.25, 0.3) is 0 Å². The van der Waals surface area contributed by atoms with Crippen LogP contribution in [0.3, 0.4) is 0 Å². The van der Waals surface area contributed by atoms with Crippen LogP contribution in [0.5, 0.6) is 0 Å². The van der Waals surface area contributed by atoms with Crippen molar-refractivity contribution in [2.75, 3.05) is 45.9 Å². The topological polar surface area (TPSA) is 32.8 Å². The molecule has 0 aromatic heterocycles. The van der Waals surface area contributed by atoms with E-state index in [0.717, 1.165) is 25.6 Å². The molecule has 124 valence electrons. The van der Waals surface area contributed by atoms with Crippen molar-refractivity contribution >= 4 is 5.91 Å². The summed E-state index contributed by atoms with van der Waals surface area (Å²) in [5, 5.41) is 0. The summed E-state index contributed by atoms with van der Waals surface area (Å²) >= 11 is 0. The van der Waals surface area contributed by atoms with E-state index in [2.05, 4.69) is 4.90 Å². The van der Waals surface area contributed by atoms with Gasteiger partial charge >= 0.3 is 0 Å². The van der Waals surface area contributed by atoms with Crippen molar-refractivity contribution < 1.29 is 13.9 Å². The summed E-state index contributed by atoms with van der Waals surface area (Å²) < 4.78 is 19.0. The van der Waals surface area contributed by atoms with Crippen LogP contribution in [0.2, 0.25) is 0 Å². The first-order chi connectivity index (χ1) is 10.7. The molecule has 4 fully saturated rings. The quantitative estimate of drug-likeness (QED) is 0.793. The molecule has 0 N–H and O–H groups in total. The monoisotopic (exact) mass is 310 g/mol. The number of likely N-dealkylation sites (tertiary alicyclic amines) is 2. The predicted octanol–water partition coefficient (Wildman–Crippen LogP) is 1.55. The highest BCUT2D eigenvalue weighted by molar-refractivity contribution is 5.79. The molecular weight excluding hydrogens is 283 g/mol. The van der Waals surface area contributed by atoms with E-state index >= 15 is 0 Å². The lowest BCUT2D eigenvalue weighted by molar-refractivity contribution is -0.145. The molecule has 5 heteroatoms. The summed E-state index contributed by atoms with van der Waals surface area (Å²) in [6, 6.07) is 0.